The first kappa shape index (κ1) is 14.0. The Morgan fingerprint density at radius 3 is 2.94 bits per heavy atom. The van der Waals surface area contributed by atoms with E-state index in [1.807, 2.05) is 6.92 Å². The van der Waals surface area contributed by atoms with Gasteiger partial charge in [-0.15, -0.1) is 0 Å². The molecule has 3 nitrogen and oxygen atoms in total. The largest absolute Gasteiger partial charge is 0.365 e. The van der Waals surface area contributed by atoms with E-state index in [0.29, 0.717) is 12.5 Å². The first-order chi connectivity index (χ1) is 7.58. The summed E-state index contributed by atoms with van der Waals surface area (Å²) in [6, 6.07) is 0. The van der Waals surface area contributed by atoms with Gasteiger partial charge in [-0.25, -0.2) is 0 Å². The molecule has 0 aromatic rings. The number of nitrogens with one attached hydrogen (secondary N) is 1. The highest BCUT2D eigenvalue weighted by Crippen LogP contribution is 2.24. The van der Waals surface area contributed by atoms with Gasteiger partial charge in [-0.1, -0.05) is 22.9 Å². The quantitative estimate of drug-likeness (QED) is 0.603. The van der Waals surface area contributed by atoms with Gasteiger partial charge in [-0.05, 0) is 38.5 Å². The highest BCUT2D eigenvalue weighted by Gasteiger charge is 2.37. The van der Waals surface area contributed by atoms with Gasteiger partial charge in [0.2, 0.25) is 0 Å². The Hall–Kier alpha value is -0.0900. The highest BCUT2D eigenvalue weighted by atomic mass is 79.9. The van der Waals surface area contributed by atoms with E-state index >= 15 is 0 Å². The molecule has 94 valence electrons. The number of ether oxygens (including phenoxy) is 1. The second-order valence-electron chi connectivity index (χ2n) is 4.84. The molecule has 0 aromatic carbocycles. The van der Waals surface area contributed by atoms with Crippen LogP contribution in [0.25, 0.3) is 0 Å². The maximum Gasteiger partial charge on any atom is 0.251 e. The predicted octanol–water partition coefficient (Wildman–Crippen LogP) is 2.48. The topological polar surface area (TPSA) is 38.3 Å². The molecule has 0 bridgehead atoms. The molecule has 4 heteroatoms. The fraction of sp³-hybridized carbons (Fsp3) is 0.917. The maximum absolute atomic E-state index is 11.8. The molecule has 1 saturated heterocycles. The molecule has 1 heterocycles. The molecule has 1 rings (SSSR count). The van der Waals surface area contributed by atoms with Gasteiger partial charge in [0.05, 0.1) is 0 Å². The second-order valence-corrected chi connectivity index (χ2v) is 5.49. The van der Waals surface area contributed by atoms with E-state index in [0.717, 1.165) is 37.6 Å². The third-order valence-electron chi connectivity index (χ3n) is 3.12. The van der Waals surface area contributed by atoms with Crippen LogP contribution < -0.4 is 5.32 Å². The van der Waals surface area contributed by atoms with Crippen molar-refractivity contribution in [3.63, 3.8) is 0 Å². The normalized spacial score (nSPS) is 26.7. The van der Waals surface area contributed by atoms with Crippen LogP contribution in [0.15, 0.2) is 0 Å². The van der Waals surface area contributed by atoms with Crippen molar-refractivity contribution in [1.82, 2.24) is 5.32 Å². The summed E-state index contributed by atoms with van der Waals surface area (Å²) in [5.74, 6) is 0.728. The summed E-state index contributed by atoms with van der Waals surface area (Å²) in [4.78, 5) is 11.8. The van der Waals surface area contributed by atoms with E-state index in [1.165, 1.54) is 0 Å². The van der Waals surface area contributed by atoms with E-state index in [1.54, 1.807) is 0 Å². The van der Waals surface area contributed by atoms with Crippen LogP contribution in [0.2, 0.25) is 0 Å². The summed E-state index contributed by atoms with van der Waals surface area (Å²) < 4.78 is 5.48. The Bertz CT molecular complexity index is 227. The summed E-state index contributed by atoms with van der Waals surface area (Å²) in [5, 5.41) is 3.99. The molecule has 1 N–H and O–H groups in total. The molecule has 16 heavy (non-hydrogen) atoms. The van der Waals surface area contributed by atoms with E-state index in [2.05, 4.69) is 28.2 Å². The third-order valence-corrected chi connectivity index (χ3v) is 4.23. The number of rotatable bonds is 6. The molecule has 0 spiro atoms. The first-order valence-electron chi connectivity index (χ1n) is 6.07. The Kier molecular flexibility index (Phi) is 5.76. The van der Waals surface area contributed by atoms with Gasteiger partial charge >= 0.3 is 0 Å². The van der Waals surface area contributed by atoms with E-state index in [-0.39, 0.29) is 5.91 Å². The molecule has 1 aliphatic heterocycles. The zero-order valence-corrected chi connectivity index (χ0v) is 11.8. The Morgan fingerprint density at radius 2 is 2.38 bits per heavy atom. The summed E-state index contributed by atoms with van der Waals surface area (Å²) >= 11 is 3.45. The Labute approximate surface area is 106 Å². The van der Waals surface area contributed by atoms with Crippen LogP contribution in [0.3, 0.4) is 0 Å². The number of hydrogen-bond donors (Lipinski definition) is 1. The van der Waals surface area contributed by atoms with Gasteiger partial charge in [-0.2, -0.15) is 0 Å². The number of alkyl halides is 1. The lowest BCUT2D eigenvalue weighted by molar-refractivity contribution is -0.139. The van der Waals surface area contributed by atoms with Crippen LogP contribution in [-0.2, 0) is 9.53 Å². The average molecular weight is 292 g/mol. The highest BCUT2D eigenvalue weighted by molar-refractivity contribution is 9.09. The zero-order valence-electron chi connectivity index (χ0n) is 10.2. The molecule has 0 aromatic heterocycles. The first-order valence-corrected chi connectivity index (χ1v) is 7.19. The monoisotopic (exact) mass is 291 g/mol. The smallest absolute Gasteiger partial charge is 0.251 e. The summed E-state index contributed by atoms with van der Waals surface area (Å²) in [6.45, 7) is 5.56. The van der Waals surface area contributed by atoms with Crippen molar-refractivity contribution in [2.75, 3.05) is 18.5 Å². The number of carbonyl (C=O) groups is 1. The molecular weight excluding hydrogens is 270 g/mol. The summed E-state index contributed by atoms with van der Waals surface area (Å²) in [6.07, 6.45) is 4.01. The molecule has 1 aliphatic rings. The minimum absolute atomic E-state index is 0.0523. The van der Waals surface area contributed by atoms with Crippen molar-refractivity contribution in [3.8, 4) is 0 Å². The Morgan fingerprint density at radius 1 is 1.62 bits per heavy atom. The SMILES string of the molecule is CC(CBr)CCCNC(=O)C1(C)CCCO1. The van der Waals surface area contributed by atoms with E-state index in [4.69, 9.17) is 4.74 Å². The van der Waals surface area contributed by atoms with Gasteiger partial charge < -0.3 is 10.1 Å². The van der Waals surface area contributed by atoms with Gasteiger partial charge in [0, 0.05) is 18.5 Å². The lowest BCUT2D eigenvalue weighted by Crippen LogP contribution is -2.44. The van der Waals surface area contributed by atoms with Crippen LogP contribution in [0, 0.1) is 5.92 Å². The zero-order chi connectivity index (χ0) is 12.0. The molecule has 0 aliphatic carbocycles. The van der Waals surface area contributed by atoms with Crippen molar-refractivity contribution in [3.05, 3.63) is 0 Å². The lowest BCUT2D eigenvalue weighted by atomic mass is 10.0. The van der Waals surface area contributed by atoms with Crippen molar-refractivity contribution >= 4 is 21.8 Å². The number of hydrogen-bond acceptors (Lipinski definition) is 2. The molecular formula is C12H22BrNO2. The van der Waals surface area contributed by atoms with Crippen molar-refractivity contribution in [1.29, 1.82) is 0 Å². The molecule has 0 saturated carbocycles. The molecule has 2 unspecified atom stereocenters. The fourth-order valence-electron chi connectivity index (χ4n) is 1.87. The van der Waals surface area contributed by atoms with Crippen LogP contribution in [0.4, 0.5) is 0 Å². The van der Waals surface area contributed by atoms with E-state index < -0.39 is 5.60 Å². The molecule has 1 fully saturated rings. The average Bonchev–Trinajstić information content (AvgIpc) is 2.72. The standard InChI is InChI=1S/C12H22BrNO2/c1-10(9-13)5-3-7-14-11(15)12(2)6-4-8-16-12/h10H,3-9H2,1-2H3,(H,14,15). The second kappa shape index (κ2) is 6.60. The van der Waals surface area contributed by atoms with Gasteiger partial charge in [0.25, 0.3) is 5.91 Å². The summed E-state index contributed by atoms with van der Waals surface area (Å²) in [7, 11) is 0. The van der Waals surface area contributed by atoms with Crippen molar-refractivity contribution < 1.29 is 9.53 Å². The van der Waals surface area contributed by atoms with Gasteiger partial charge in [-0.3, -0.25) is 4.79 Å². The predicted molar refractivity (Wildman–Crippen MR) is 68.8 cm³/mol. The summed E-state index contributed by atoms with van der Waals surface area (Å²) in [5.41, 5.74) is -0.568. The molecule has 1 amide bonds. The number of halogens is 1. The maximum atomic E-state index is 11.8. The number of amides is 1. The minimum atomic E-state index is -0.568. The van der Waals surface area contributed by atoms with E-state index in [9.17, 15) is 4.79 Å². The van der Waals surface area contributed by atoms with Gasteiger partial charge in [0.15, 0.2) is 0 Å². The van der Waals surface area contributed by atoms with Crippen LogP contribution in [0.1, 0.15) is 39.5 Å². The minimum Gasteiger partial charge on any atom is -0.365 e. The molecule has 2 atom stereocenters. The van der Waals surface area contributed by atoms with Crippen LogP contribution in [-0.4, -0.2) is 30.0 Å². The van der Waals surface area contributed by atoms with Crippen LogP contribution in [0.5, 0.6) is 0 Å². The third kappa shape index (κ3) is 4.06. The van der Waals surface area contributed by atoms with Crippen molar-refractivity contribution in [2.45, 2.75) is 45.1 Å². The molecule has 0 radical (unpaired) electrons. The number of carbonyl (C=O) groups excluding carboxylic acids is 1. The van der Waals surface area contributed by atoms with Crippen molar-refractivity contribution in [2.24, 2.45) is 5.92 Å². The fourth-order valence-corrected chi connectivity index (χ4v) is 2.20. The van der Waals surface area contributed by atoms with Gasteiger partial charge in [0.1, 0.15) is 5.60 Å². The van der Waals surface area contributed by atoms with Crippen LogP contribution >= 0.6 is 15.9 Å². The Balaban J connectivity index is 2.15. The lowest BCUT2D eigenvalue weighted by Gasteiger charge is -2.22.